The van der Waals surface area contributed by atoms with Crippen molar-refractivity contribution in [3.63, 3.8) is 0 Å². The van der Waals surface area contributed by atoms with Crippen LogP contribution in [0.25, 0.3) is 0 Å². The predicted molar refractivity (Wildman–Crippen MR) is 90.9 cm³/mol. The van der Waals surface area contributed by atoms with Crippen molar-refractivity contribution >= 4 is 29.0 Å². The lowest BCUT2D eigenvalue weighted by Gasteiger charge is -2.12. The summed E-state index contributed by atoms with van der Waals surface area (Å²) in [5, 5.41) is 2.94. The third-order valence-corrected chi connectivity index (χ3v) is 4.09. The Hall–Kier alpha value is -2.20. The summed E-state index contributed by atoms with van der Waals surface area (Å²) >= 11 is 1.63. The molecule has 0 spiro atoms. The quantitative estimate of drug-likeness (QED) is 0.496. The van der Waals surface area contributed by atoms with Gasteiger partial charge in [0.2, 0.25) is 0 Å². The second-order valence-electron chi connectivity index (χ2n) is 4.59. The molecule has 108 valence electrons. The van der Waals surface area contributed by atoms with Gasteiger partial charge in [-0.15, -0.1) is 18.3 Å². The number of hydrogen-bond donors (Lipinski definition) is 2. The van der Waals surface area contributed by atoms with E-state index in [1.807, 2.05) is 49.4 Å². The number of para-hydroxylation sites is 1. The van der Waals surface area contributed by atoms with Gasteiger partial charge in [-0.3, -0.25) is 4.79 Å². The molecule has 0 unspecified atom stereocenters. The number of anilines is 2. The van der Waals surface area contributed by atoms with Gasteiger partial charge in [-0.1, -0.05) is 30.3 Å². The van der Waals surface area contributed by atoms with Crippen molar-refractivity contribution in [2.75, 3.05) is 16.8 Å². The Morgan fingerprint density at radius 3 is 2.76 bits per heavy atom. The number of carbonyl (C=O) groups excluding carboxylic acids is 1. The second kappa shape index (κ2) is 6.99. The van der Waals surface area contributed by atoms with E-state index >= 15 is 0 Å². The van der Waals surface area contributed by atoms with Crippen molar-refractivity contribution in [1.82, 2.24) is 0 Å². The van der Waals surface area contributed by atoms with Gasteiger partial charge in [0.05, 0.1) is 11.3 Å². The highest BCUT2D eigenvalue weighted by atomic mass is 32.2. The summed E-state index contributed by atoms with van der Waals surface area (Å²) in [6.45, 7) is 5.59. The van der Waals surface area contributed by atoms with Crippen molar-refractivity contribution in [2.24, 2.45) is 0 Å². The van der Waals surface area contributed by atoms with Gasteiger partial charge in [-0.05, 0) is 30.7 Å². The molecule has 2 aromatic rings. The topological polar surface area (TPSA) is 55.1 Å². The number of nitrogens with two attached hydrogens (primary N) is 1. The summed E-state index contributed by atoms with van der Waals surface area (Å²) in [5.74, 6) is 0.608. The minimum atomic E-state index is -0.183. The third-order valence-electron chi connectivity index (χ3n) is 3.02. The summed E-state index contributed by atoms with van der Waals surface area (Å²) in [6, 6.07) is 13.2. The van der Waals surface area contributed by atoms with E-state index < -0.39 is 0 Å². The van der Waals surface area contributed by atoms with Crippen LogP contribution in [0.3, 0.4) is 0 Å². The van der Waals surface area contributed by atoms with E-state index in [4.69, 9.17) is 5.73 Å². The molecule has 1 amide bonds. The Morgan fingerprint density at radius 2 is 2.05 bits per heavy atom. The molecule has 0 saturated heterocycles. The maximum Gasteiger partial charge on any atom is 0.258 e. The van der Waals surface area contributed by atoms with Gasteiger partial charge in [0.25, 0.3) is 5.91 Å². The van der Waals surface area contributed by atoms with Crippen LogP contribution in [0.2, 0.25) is 0 Å². The maximum atomic E-state index is 12.5. The average Bonchev–Trinajstić information content (AvgIpc) is 2.46. The van der Waals surface area contributed by atoms with Crippen molar-refractivity contribution in [2.45, 2.75) is 11.8 Å². The van der Waals surface area contributed by atoms with Crippen molar-refractivity contribution in [1.29, 1.82) is 0 Å². The minimum absolute atomic E-state index is 0.183. The maximum absolute atomic E-state index is 12.5. The fourth-order valence-corrected chi connectivity index (χ4v) is 2.78. The Bertz CT molecular complexity index is 647. The Kier molecular flexibility index (Phi) is 5.06. The van der Waals surface area contributed by atoms with Crippen LogP contribution >= 0.6 is 11.8 Å². The fourth-order valence-electron chi connectivity index (χ4n) is 2.03. The first kappa shape index (κ1) is 15.2. The molecular formula is C17H18N2OS. The molecule has 0 aliphatic rings. The number of carbonyl (C=O) groups is 1. The molecule has 0 aliphatic heterocycles. The second-order valence-corrected chi connectivity index (χ2v) is 5.65. The zero-order chi connectivity index (χ0) is 15.2. The first-order valence-corrected chi connectivity index (χ1v) is 7.61. The number of aryl methyl sites for hydroxylation is 1. The lowest BCUT2D eigenvalue weighted by atomic mass is 10.1. The molecule has 0 saturated carbocycles. The SMILES string of the molecule is C=CCSc1ccccc1NC(=O)c1c(C)cccc1N. The van der Waals surface area contributed by atoms with Gasteiger partial charge < -0.3 is 11.1 Å². The van der Waals surface area contributed by atoms with E-state index in [1.54, 1.807) is 17.8 Å². The largest absolute Gasteiger partial charge is 0.398 e. The zero-order valence-electron chi connectivity index (χ0n) is 11.9. The Labute approximate surface area is 129 Å². The van der Waals surface area contributed by atoms with Gasteiger partial charge in [0.1, 0.15) is 0 Å². The number of hydrogen-bond acceptors (Lipinski definition) is 3. The van der Waals surface area contributed by atoms with E-state index in [2.05, 4.69) is 11.9 Å². The average molecular weight is 298 g/mol. The molecule has 0 bridgehead atoms. The minimum Gasteiger partial charge on any atom is -0.398 e. The van der Waals surface area contributed by atoms with E-state index in [1.165, 1.54) is 0 Å². The molecule has 3 N–H and O–H groups in total. The summed E-state index contributed by atoms with van der Waals surface area (Å²) < 4.78 is 0. The smallest absolute Gasteiger partial charge is 0.258 e. The number of nitrogen functional groups attached to an aromatic ring is 1. The van der Waals surface area contributed by atoms with E-state index in [0.29, 0.717) is 11.3 Å². The highest BCUT2D eigenvalue weighted by Crippen LogP contribution is 2.28. The van der Waals surface area contributed by atoms with E-state index in [9.17, 15) is 4.79 Å². The van der Waals surface area contributed by atoms with Crippen molar-refractivity contribution < 1.29 is 4.79 Å². The normalized spacial score (nSPS) is 10.1. The molecule has 2 rings (SSSR count). The summed E-state index contributed by atoms with van der Waals surface area (Å²) in [5.41, 5.74) is 8.59. The molecule has 0 radical (unpaired) electrons. The third kappa shape index (κ3) is 3.67. The first-order chi connectivity index (χ1) is 10.1. The molecule has 0 heterocycles. The van der Waals surface area contributed by atoms with Crippen LogP contribution in [-0.2, 0) is 0 Å². The van der Waals surface area contributed by atoms with Crippen LogP contribution in [0.4, 0.5) is 11.4 Å². The molecule has 3 nitrogen and oxygen atoms in total. The van der Waals surface area contributed by atoms with E-state index in [0.717, 1.165) is 21.9 Å². The first-order valence-electron chi connectivity index (χ1n) is 6.62. The molecule has 0 atom stereocenters. The molecule has 0 fully saturated rings. The summed E-state index contributed by atoms with van der Waals surface area (Å²) in [4.78, 5) is 13.5. The Morgan fingerprint density at radius 1 is 1.29 bits per heavy atom. The van der Waals surface area contributed by atoms with Gasteiger partial charge in [0.15, 0.2) is 0 Å². The van der Waals surface area contributed by atoms with Gasteiger partial charge >= 0.3 is 0 Å². The number of nitrogens with one attached hydrogen (secondary N) is 1. The Balaban J connectivity index is 2.26. The molecule has 2 aromatic carbocycles. The zero-order valence-corrected chi connectivity index (χ0v) is 12.7. The van der Waals surface area contributed by atoms with Gasteiger partial charge in [-0.25, -0.2) is 0 Å². The number of rotatable bonds is 5. The highest BCUT2D eigenvalue weighted by Gasteiger charge is 2.14. The van der Waals surface area contributed by atoms with Crippen LogP contribution in [0, 0.1) is 6.92 Å². The number of amides is 1. The number of thioether (sulfide) groups is 1. The summed E-state index contributed by atoms with van der Waals surface area (Å²) in [7, 11) is 0. The molecule has 4 heteroatoms. The summed E-state index contributed by atoms with van der Waals surface area (Å²) in [6.07, 6.45) is 1.84. The fraction of sp³-hybridized carbons (Fsp3) is 0.118. The molecule has 0 aliphatic carbocycles. The standard InChI is InChI=1S/C17H18N2OS/c1-3-11-21-15-10-5-4-9-14(15)19-17(20)16-12(2)7-6-8-13(16)18/h3-10H,1,11,18H2,2H3,(H,19,20). The molecule has 0 aromatic heterocycles. The monoisotopic (exact) mass is 298 g/mol. The number of benzene rings is 2. The lowest BCUT2D eigenvalue weighted by molar-refractivity contribution is 0.102. The van der Waals surface area contributed by atoms with Crippen LogP contribution in [0.1, 0.15) is 15.9 Å². The molecule has 21 heavy (non-hydrogen) atoms. The van der Waals surface area contributed by atoms with Crippen LogP contribution in [0.15, 0.2) is 60.0 Å². The van der Waals surface area contributed by atoms with Crippen molar-refractivity contribution in [3.8, 4) is 0 Å². The lowest BCUT2D eigenvalue weighted by Crippen LogP contribution is -2.16. The highest BCUT2D eigenvalue weighted by molar-refractivity contribution is 7.99. The van der Waals surface area contributed by atoms with Crippen LogP contribution in [0.5, 0.6) is 0 Å². The molecular weight excluding hydrogens is 280 g/mol. The van der Waals surface area contributed by atoms with E-state index in [-0.39, 0.29) is 5.91 Å². The van der Waals surface area contributed by atoms with Gasteiger partial charge in [0, 0.05) is 16.3 Å². The predicted octanol–water partition coefficient (Wildman–Crippen LogP) is 4.11. The van der Waals surface area contributed by atoms with Gasteiger partial charge in [-0.2, -0.15) is 0 Å². The van der Waals surface area contributed by atoms with Crippen LogP contribution in [-0.4, -0.2) is 11.7 Å². The van der Waals surface area contributed by atoms with Crippen molar-refractivity contribution in [3.05, 3.63) is 66.2 Å². The van der Waals surface area contributed by atoms with Crippen LogP contribution < -0.4 is 11.1 Å².